The third-order valence-corrected chi connectivity index (χ3v) is 6.86. The van der Waals surface area contributed by atoms with Crippen molar-refractivity contribution >= 4 is 28.1 Å². The fourth-order valence-electron chi connectivity index (χ4n) is 4.59. The molecule has 0 aliphatic heterocycles. The molecule has 4 aromatic rings. The zero-order chi connectivity index (χ0) is 27.9. The Morgan fingerprint density at radius 3 is 1.18 bits per heavy atom. The fourth-order valence-corrected chi connectivity index (χ4v) is 4.59. The molecule has 0 spiro atoms. The topological polar surface area (TPSA) is 54.1 Å². The Morgan fingerprint density at radius 2 is 0.821 bits per heavy atom. The predicted octanol–water partition coefficient (Wildman–Crippen LogP) is 7.65. The second-order valence-corrected chi connectivity index (χ2v) is 9.80. The minimum Gasteiger partial charge on any atom is -0.378 e. The molecule has 39 heavy (non-hydrogen) atoms. The van der Waals surface area contributed by atoms with Crippen LogP contribution in [0, 0.1) is 22.7 Å². The van der Waals surface area contributed by atoms with E-state index in [-0.39, 0.29) is 5.57 Å². The maximum absolute atomic E-state index is 9.34. The van der Waals surface area contributed by atoms with Gasteiger partial charge in [0.1, 0.15) is 17.7 Å². The minimum absolute atomic E-state index is 0.129. The van der Waals surface area contributed by atoms with Gasteiger partial charge in [0, 0.05) is 39.6 Å². The first-order chi connectivity index (χ1) is 18.8. The van der Waals surface area contributed by atoms with E-state index in [9.17, 15) is 10.5 Å². The van der Waals surface area contributed by atoms with Crippen LogP contribution >= 0.6 is 0 Å². The molecule has 0 amide bonds. The van der Waals surface area contributed by atoms with Gasteiger partial charge in [0.25, 0.3) is 0 Å². The standard InChI is InChI=1S/C35H32N4/c1-25(31(23-36)24-37)26-11-13-28(14-12-26)34(27-9-7-6-8-10-27)35(29-15-19-32(20-16-29)38(2)3)30-17-21-33(22-18-30)39(4)5/h6-22H,1-5H3. The summed E-state index contributed by atoms with van der Waals surface area (Å²) in [4.78, 5) is 4.20. The number of allylic oxidation sites excluding steroid dienone is 2. The molecular weight excluding hydrogens is 476 g/mol. The third kappa shape index (κ3) is 5.93. The van der Waals surface area contributed by atoms with Crippen molar-refractivity contribution in [2.24, 2.45) is 0 Å². The number of rotatable bonds is 7. The zero-order valence-electron chi connectivity index (χ0n) is 23.1. The Morgan fingerprint density at radius 1 is 0.487 bits per heavy atom. The van der Waals surface area contributed by atoms with Gasteiger partial charge in [0.05, 0.1) is 0 Å². The molecular formula is C35H32N4. The lowest BCUT2D eigenvalue weighted by atomic mass is 9.85. The first-order valence-electron chi connectivity index (χ1n) is 12.8. The molecule has 0 aliphatic rings. The molecule has 0 atom stereocenters. The van der Waals surface area contributed by atoms with Crippen LogP contribution in [0.3, 0.4) is 0 Å². The molecule has 0 heterocycles. The molecule has 4 heteroatoms. The van der Waals surface area contributed by atoms with Crippen molar-refractivity contribution in [2.45, 2.75) is 6.92 Å². The van der Waals surface area contributed by atoms with Gasteiger partial charge in [-0.15, -0.1) is 0 Å². The Kier molecular flexibility index (Phi) is 8.30. The van der Waals surface area contributed by atoms with Crippen molar-refractivity contribution in [3.8, 4) is 12.1 Å². The summed E-state index contributed by atoms with van der Waals surface area (Å²) < 4.78 is 0. The first-order valence-corrected chi connectivity index (χ1v) is 12.8. The molecule has 0 saturated heterocycles. The molecule has 192 valence electrons. The van der Waals surface area contributed by atoms with Crippen molar-refractivity contribution in [3.05, 3.63) is 137 Å². The Balaban J connectivity index is 2.01. The van der Waals surface area contributed by atoms with Crippen molar-refractivity contribution in [1.29, 1.82) is 10.5 Å². The van der Waals surface area contributed by atoms with Crippen LogP contribution < -0.4 is 9.80 Å². The van der Waals surface area contributed by atoms with Crippen molar-refractivity contribution in [2.75, 3.05) is 38.0 Å². The van der Waals surface area contributed by atoms with Crippen LogP contribution in [0.5, 0.6) is 0 Å². The van der Waals surface area contributed by atoms with Crippen molar-refractivity contribution in [1.82, 2.24) is 0 Å². The summed E-state index contributed by atoms with van der Waals surface area (Å²) in [5.74, 6) is 0. The maximum Gasteiger partial charge on any atom is 0.133 e. The maximum atomic E-state index is 9.34. The molecule has 4 nitrogen and oxygen atoms in total. The highest BCUT2D eigenvalue weighted by atomic mass is 15.1. The van der Waals surface area contributed by atoms with Crippen LogP contribution in [0.2, 0.25) is 0 Å². The molecule has 4 rings (SSSR count). The predicted molar refractivity (Wildman–Crippen MR) is 163 cm³/mol. The largest absolute Gasteiger partial charge is 0.378 e. The lowest BCUT2D eigenvalue weighted by Gasteiger charge is -2.20. The molecule has 0 fully saturated rings. The molecule has 0 N–H and O–H groups in total. The highest BCUT2D eigenvalue weighted by Crippen LogP contribution is 2.38. The van der Waals surface area contributed by atoms with Gasteiger partial charge in [-0.3, -0.25) is 0 Å². The Hall–Kier alpha value is -5.06. The van der Waals surface area contributed by atoms with E-state index in [4.69, 9.17) is 0 Å². The van der Waals surface area contributed by atoms with E-state index in [1.54, 1.807) is 0 Å². The number of nitrogens with zero attached hydrogens (tertiary/aromatic N) is 4. The second kappa shape index (κ2) is 12.0. The van der Waals surface area contributed by atoms with E-state index in [2.05, 4.69) is 94.7 Å². The lowest BCUT2D eigenvalue weighted by molar-refractivity contribution is 1.13. The molecule has 0 aliphatic carbocycles. The van der Waals surface area contributed by atoms with E-state index >= 15 is 0 Å². The second-order valence-electron chi connectivity index (χ2n) is 9.80. The number of nitriles is 2. The van der Waals surface area contributed by atoms with E-state index in [1.165, 1.54) is 0 Å². The summed E-state index contributed by atoms with van der Waals surface area (Å²) in [5, 5.41) is 18.7. The highest BCUT2D eigenvalue weighted by Gasteiger charge is 2.17. The smallest absolute Gasteiger partial charge is 0.133 e. The van der Waals surface area contributed by atoms with Crippen LogP contribution in [0.1, 0.15) is 34.7 Å². The number of hydrogen-bond acceptors (Lipinski definition) is 4. The molecule has 0 unspecified atom stereocenters. The van der Waals surface area contributed by atoms with Gasteiger partial charge in [-0.25, -0.2) is 0 Å². The molecule has 0 bridgehead atoms. The number of anilines is 2. The minimum atomic E-state index is 0.129. The SMILES string of the molecule is CC(=C(C#N)C#N)c1ccc(C(=C(c2ccc(N(C)C)cc2)c2ccc(N(C)C)cc2)c2ccccc2)cc1. The van der Waals surface area contributed by atoms with Crippen molar-refractivity contribution < 1.29 is 0 Å². The van der Waals surface area contributed by atoms with Gasteiger partial charge in [-0.2, -0.15) is 10.5 Å². The average Bonchev–Trinajstić information content (AvgIpc) is 2.97. The van der Waals surface area contributed by atoms with Crippen LogP contribution in [0.15, 0.2) is 109 Å². The molecule has 0 saturated carbocycles. The van der Waals surface area contributed by atoms with Crippen LogP contribution in [0.4, 0.5) is 11.4 Å². The van der Waals surface area contributed by atoms with Crippen LogP contribution in [0.25, 0.3) is 16.7 Å². The molecule has 0 radical (unpaired) electrons. The first kappa shape index (κ1) is 27.0. The normalized spacial score (nSPS) is 10.1. The Bertz CT molecular complexity index is 1510. The lowest BCUT2D eigenvalue weighted by Crippen LogP contribution is -2.09. The summed E-state index contributed by atoms with van der Waals surface area (Å²) in [5.41, 5.74) is 10.6. The quantitative estimate of drug-likeness (QED) is 0.190. The summed E-state index contributed by atoms with van der Waals surface area (Å²) in [6.07, 6.45) is 0. The third-order valence-electron chi connectivity index (χ3n) is 6.86. The molecule has 4 aromatic carbocycles. The van der Waals surface area contributed by atoms with Gasteiger partial charge in [0.2, 0.25) is 0 Å². The van der Waals surface area contributed by atoms with E-state index < -0.39 is 0 Å². The van der Waals surface area contributed by atoms with Gasteiger partial charge in [-0.1, -0.05) is 78.9 Å². The Labute approximate surface area is 232 Å². The fraction of sp³-hybridized carbons (Fsp3) is 0.143. The van der Waals surface area contributed by atoms with E-state index in [0.717, 1.165) is 50.3 Å². The van der Waals surface area contributed by atoms with E-state index in [0.29, 0.717) is 5.57 Å². The van der Waals surface area contributed by atoms with Gasteiger partial charge >= 0.3 is 0 Å². The van der Waals surface area contributed by atoms with Crippen molar-refractivity contribution in [3.63, 3.8) is 0 Å². The highest BCUT2D eigenvalue weighted by molar-refractivity contribution is 6.04. The van der Waals surface area contributed by atoms with Crippen LogP contribution in [-0.4, -0.2) is 28.2 Å². The van der Waals surface area contributed by atoms with Crippen LogP contribution in [-0.2, 0) is 0 Å². The summed E-state index contributed by atoms with van der Waals surface area (Å²) in [7, 11) is 8.18. The van der Waals surface area contributed by atoms with Gasteiger partial charge in [-0.05, 0) is 75.7 Å². The number of benzene rings is 4. The number of hydrogen-bond donors (Lipinski definition) is 0. The van der Waals surface area contributed by atoms with Gasteiger partial charge < -0.3 is 9.80 Å². The summed E-state index contributed by atoms with van der Waals surface area (Å²) in [6.45, 7) is 1.81. The average molecular weight is 509 g/mol. The summed E-state index contributed by atoms with van der Waals surface area (Å²) in [6, 6.07) is 39.9. The summed E-state index contributed by atoms with van der Waals surface area (Å²) >= 11 is 0. The molecule has 0 aromatic heterocycles. The van der Waals surface area contributed by atoms with E-state index in [1.807, 2.05) is 65.5 Å². The monoisotopic (exact) mass is 508 g/mol. The zero-order valence-corrected chi connectivity index (χ0v) is 23.1. The van der Waals surface area contributed by atoms with Gasteiger partial charge in [0.15, 0.2) is 0 Å².